The van der Waals surface area contributed by atoms with Gasteiger partial charge in [-0.25, -0.2) is 0 Å². The quantitative estimate of drug-likeness (QED) is 0.825. The summed E-state index contributed by atoms with van der Waals surface area (Å²) in [5, 5.41) is 3.33. The predicted molar refractivity (Wildman–Crippen MR) is 80.4 cm³/mol. The van der Waals surface area contributed by atoms with E-state index in [1.54, 1.807) is 48.4 Å². The molecule has 0 N–H and O–H groups in total. The number of amides is 1. The third kappa shape index (κ3) is 4.21. The Bertz CT molecular complexity index is 721. The molecular weight excluding hydrogens is 323 g/mol. The molecule has 0 radical (unpaired) electrons. The Morgan fingerprint density at radius 1 is 1.29 bits per heavy atom. The van der Waals surface area contributed by atoms with Crippen molar-refractivity contribution in [2.45, 2.75) is 33.0 Å². The van der Waals surface area contributed by atoms with Gasteiger partial charge >= 0.3 is 12.1 Å². The topological polar surface area (TPSA) is 59.2 Å². The molecule has 5 nitrogen and oxygen atoms in total. The molecule has 0 aliphatic carbocycles. The highest BCUT2D eigenvalue weighted by Gasteiger charge is 2.38. The number of benzene rings is 1. The Balaban J connectivity index is 2.15. The number of nitrogens with zero attached hydrogens (tertiary/aromatic N) is 3. The van der Waals surface area contributed by atoms with E-state index < -0.39 is 12.1 Å². The highest BCUT2D eigenvalue weighted by Crippen LogP contribution is 2.29. The van der Waals surface area contributed by atoms with Gasteiger partial charge in [0, 0.05) is 18.2 Å². The van der Waals surface area contributed by atoms with Crippen LogP contribution in [0, 0.1) is 0 Å². The lowest BCUT2D eigenvalue weighted by Gasteiger charge is -2.17. The molecule has 1 aromatic heterocycles. The minimum Gasteiger partial charge on any atom is -0.329 e. The van der Waals surface area contributed by atoms with Gasteiger partial charge in [0.15, 0.2) is 0 Å². The van der Waals surface area contributed by atoms with Gasteiger partial charge in [0.1, 0.15) is 0 Å². The molecule has 0 aliphatic heterocycles. The minimum atomic E-state index is -4.67. The molecule has 2 rings (SSSR count). The van der Waals surface area contributed by atoms with Crippen molar-refractivity contribution in [3.63, 3.8) is 0 Å². The second-order valence-corrected chi connectivity index (χ2v) is 4.98. The van der Waals surface area contributed by atoms with Crippen LogP contribution in [0.5, 0.6) is 0 Å². The van der Waals surface area contributed by atoms with Gasteiger partial charge in [-0.1, -0.05) is 42.4 Å². The summed E-state index contributed by atoms with van der Waals surface area (Å²) in [5.41, 5.74) is 1.23. The minimum absolute atomic E-state index is 0.0230. The van der Waals surface area contributed by atoms with Crippen LogP contribution in [-0.2, 0) is 17.5 Å². The number of halogens is 3. The van der Waals surface area contributed by atoms with Crippen LogP contribution in [0.25, 0.3) is 11.4 Å². The van der Waals surface area contributed by atoms with Crippen LogP contribution < -0.4 is 0 Å². The molecule has 0 atom stereocenters. The van der Waals surface area contributed by atoms with Crippen LogP contribution in [0.1, 0.15) is 31.7 Å². The Morgan fingerprint density at radius 2 is 1.96 bits per heavy atom. The SMILES string of the molecule is CC=CN(Cc1ccc(-c2noc(C(F)(F)F)n2)cc1)C(=O)CC. The molecule has 2 aromatic rings. The fourth-order valence-corrected chi connectivity index (χ4v) is 2.02. The summed E-state index contributed by atoms with van der Waals surface area (Å²) < 4.78 is 41.6. The lowest BCUT2D eigenvalue weighted by molar-refractivity contribution is -0.159. The Kier molecular flexibility index (Phi) is 5.38. The molecule has 128 valence electrons. The average molecular weight is 339 g/mol. The molecule has 8 heteroatoms. The second-order valence-electron chi connectivity index (χ2n) is 4.98. The normalized spacial score (nSPS) is 11.9. The van der Waals surface area contributed by atoms with Gasteiger partial charge in [0.05, 0.1) is 6.54 Å². The van der Waals surface area contributed by atoms with Crippen LogP contribution in [0.2, 0.25) is 0 Å². The number of aromatic nitrogens is 2. The van der Waals surface area contributed by atoms with Gasteiger partial charge in [-0.15, -0.1) is 0 Å². The number of hydrogen-bond acceptors (Lipinski definition) is 4. The molecule has 0 saturated carbocycles. The summed E-state index contributed by atoms with van der Waals surface area (Å²) in [6.07, 6.45) is -0.835. The van der Waals surface area contributed by atoms with Gasteiger partial charge < -0.3 is 9.42 Å². The van der Waals surface area contributed by atoms with E-state index in [-0.39, 0.29) is 11.7 Å². The first kappa shape index (κ1) is 17.7. The van der Waals surface area contributed by atoms with Crippen LogP contribution >= 0.6 is 0 Å². The van der Waals surface area contributed by atoms with Crippen molar-refractivity contribution in [3.8, 4) is 11.4 Å². The second kappa shape index (κ2) is 7.29. The smallest absolute Gasteiger partial charge is 0.329 e. The summed E-state index contributed by atoms with van der Waals surface area (Å²) in [7, 11) is 0. The summed E-state index contributed by atoms with van der Waals surface area (Å²) in [5.74, 6) is -1.54. The van der Waals surface area contributed by atoms with Crippen molar-refractivity contribution in [1.29, 1.82) is 0 Å². The summed E-state index contributed by atoms with van der Waals surface area (Å²) in [4.78, 5) is 16.7. The molecule has 0 spiro atoms. The Hall–Kier alpha value is -2.64. The summed E-state index contributed by atoms with van der Waals surface area (Å²) in [6.45, 7) is 3.96. The van der Waals surface area contributed by atoms with Crippen molar-refractivity contribution in [2.24, 2.45) is 0 Å². The maximum Gasteiger partial charge on any atom is 0.471 e. The van der Waals surface area contributed by atoms with E-state index in [0.717, 1.165) is 5.56 Å². The van der Waals surface area contributed by atoms with Gasteiger partial charge in [-0.05, 0) is 12.5 Å². The Labute approximate surface area is 136 Å². The van der Waals surface area contributed by atoms with Gasteiger partial charge in [-0.2, -0.15) is 18.2 Å². The van der Waals surface area contributed by atoms with Crippen LogP contribution in [0.3, 0.4) is 0 Å². The number of rotatable bonds is 5. The third-order valence-corrected chi connectivity index (χ3v) is 3.19. The highest BCUT2D eigenvalue weighted by molar-refractivity contribution is 5.76. The number of hydrogen-bond donors (Lipinski definition) is 0. The monoisotopic (exact) mass is 339 g/mol. The third-order valence-electron chi connectivity index (χ3n) is 3.19. The van der Waals surface area contributed by atoms with Crippen molar-refractivity contribution in [3.05, 3.63) is 48.0 Å². The van der Waals surface area contributed by atoms with E-state index in [1.807, 2.05) is 6.92 Å². The molecule has 0 fully saturated rings. The summed E-state index contributed by atoms with van der Waals surface area (Å²) in [6, 6.07) is 6.59. The first-order valence-corrected chi connectivity index (χ1v) is 7.27. The van der Waals surface area contributed by atoms with Crippen LogP contribution in [0.4, 0.5) is 13.2 Å². The first-order chi connectivity index (χ1) is 11.3. The van der Waals surface area contributed by atoms with E-state index in [1.165, 1.54) is 0 Å². The van der Waals surface area contributed by atoms with E-state index in [9.17, 15) is 18.0 Å². The molecule has 1 heterocycles. The van der Waals surface area contributed by atoms with E-state index in [2.05, 4.69) is 14.7 Å². The molecular formula is C16H16F3N3O2. The number of alkyl halides is 3. The van der Waals surface area contributed by atoms with E-state index >= 15 is 0 Å². The van der Waals surface area contributed by atoms with Crippen LogP contribution in [0.15, 0.2) is 41.1 Å². The lowest BCUT2D eigenvalue weighted by atomic mass is 10.1. The summed E-state index contributed by atoms with van der Waals surface area (Å²) >= 11 is 0. The predicted octanol–water partition coefficient (Wildman–Crippen LogP) is 4.03. The lowest BCUT2D eigenvalue weighted by Crippen LogP contribution is -2.24. The maximum absolute atomic E-state index is 12.5. The molecule has 0 aliphatic rings. The zero-order chi connectivity index (χ0) is 17.7. The zero-order valence-electron chi connectivity index (χ0n) is 13.2. The molecule has 0 bridgehead atoms. The fourth-order valence-electron chi connectivity index (χ4n) is 2.02. The van der Waals surface area contributed by atoms with Gasteiger partial charge in [-0.3, -0.25) is 4.79 Å². The van der Waals surface area contributed by atoms with Crippen molar-refractivity contribution >= 4 is 5.91 Å². The first-order valence-electron chi connectivity index (χ1n) is 7.27. The maximum atomic E-state index is 12.5. The largest absolute Gasteiger partial charge is 0.471 e. The van der Waals surface area contributed by atoms with Gasteiger partial charge in [0.2, 0.25) is 11.7 Å². The Morgan fingerprint density at radius 3 is 2.46 bits per heavy atom. The van der Waals surface area contributed by atoms with Crippen molar-refractivity contribution in [1.82, 2.24) is 15.0 Å². The molecule has 0 unspecified atom stereocenters. The molecule has 24 heavy (non-hydrogen) atoms. The zero-order valence-corrected chi connectivity index (χ0v) is 13.2. The van der Waals surface area contributed by atoms with Crippen molar-refractivity contribution < 1.29 is 22.5 Å². The van der Waals surface area contributed by atoms with E-state index in [4.69, 9.17) is 0 Å². The fraction of sp³-hybridized carbons (Fsp3) is 0.312. The number of carbonyl (C=O) groups is 1. The molecule has 1 aromatic carbocycles. The van der Waals surface area contributed by atoms with Crippen molar-refractivity contribution in [2.75, 3.05) is 0 Å². The number of carbonyl (C=O) groups excluding carboxylic acids is 1. The number of allylic oxidation sites excluding steroid dienone is 1. The average Bonchev–Trinajstić information content (AvgIpc) is 3.04. The van der Waals surface area contributed by atoms with Crippen LogP contribution in [-0.4, -0.2) is 20.9 Å². The molecule has 0 saturated heterocycles. The highest BCUT2D eigenvalue weighted by atomic mass is 19.4. The van der Waals surface area contributed by atoms with Gasteiger partial charge in [0.25, 0.3) is 0 Å². The molecule has 1 amide bonds. The standard InChI is InChI=1S/C16H16F3N3O2/c1-3-9-22(13(23)4-2)10-11-5-7-12(8-6-11)14-20-15(24-21-14)16(17,18)19/h3,5-9H,4,10H2,1-2H3. The van der Waals surface area contributed by atoms with E-state index in [0.29, 0.717) is 18.5 Å².